The van der Waals surface area contributed by atoms with Gasteiger partial charge in [-0.05, 0) is 37.5 Å². The summed E-state index contributed by atoms with van der Waals surface area (Å²) in [6, 6.07) is 7.70. The van der Waals surface area contributed by atoms with Crippen LogP contribution in [0.4, 0.5) is 0 Å². The van der Waals surface area contributed by atoms with Gasteiger partial charge in [0.15, 0.2) is 0 Å². The number of nitrogens with one attached hydrogen (secondary N) is 1. The van der Waals surface area contributed by atoms with Gasteiger partial charge in [-0.2, -0.15) is 0 Å². The molecule has 0 atom stereocenters. The maximum atomic E-state index is 12.1. The van der Waals surface area contributed by atoms with E-state index in [1.54, 1.807) is 0 Å². The molecule has 112 valence electrons. The second kappa shape index (κ2) is 8.28. The van der Waals surface area contributed by atoms with Crippen molar-refractivity contribution in [1.29, 1.82) is 0 Å². The number of benzene rings is 1. The van der Waals surface area contributed by atoms with Crippen molar-refractivity contribution in [2.24, 2.45) is 0 Å². The van der Waals surface area contributed by atoms with Crippen molar-refractivity contribution in [3.05, 3.63) is 34.9 Å². The second-order valence-electron chi connectivity index (χ2n) is 4.79. The monoisotopic (exact) mass is 297 g/mol. The van der Waals surface area contributed by atoms with Crippen LogP contribution in [0, 0.1) is 0 Å². The average molecular weight is 298 g/mol. The van der Waals surface area contributed by atoms with E-state index in [2.05, 4.69) is 19.2 Å². The van der Waals surface area contributed by atoms with Gasteiger partial charge in [-0.3, -0.25) is 4.79 Å². The minimum Gasteiger partial charge on any atom is -0.381 e. The molecular weight excluding hydrogens is 274 g/mol. The molecule has 1 aromatic carbocycles. The van der Waals surface area contributed by atoms with E-state index >= 15 is 0 Å². The van der Waals surface area contributed by atoms with Gasteiger partial charge >= 0.3 is 0 Å². The van der Waals surface area contributed by atoms with Crippen LogP contribution in [0.1, 0.15) is 45.6 Å². The second-order valence-corrected chi connectivity index (χ2v) is 5.23. The summed E-state index contributed by atoms with van der Waals surface area (Å²) in [7, 11) is 0. The van der Waals surface area contributed by atoms with Crippen molar-refractivity contribution in [3.63, 3.8) is 0 Å². The number of amides is 1. The van der Waals surface area contributed by atoms with Crippen LogP contribution >= 0.6 is 11.6 Å². The first kappa shape index (κ1) is 17.0. The zero-order valence-corrected chi connectivity index (χ0v) is 13.3. The molecule has 0 aliphatic carbocycles. The minimum absolute atomic E-state index is 0.0251. The summed E-state index contributed by atoms with van der Waals surface area (Å²) in [6.45, 7) is 7.19. The van der Waals surface area contributed by atoms with Crippen molar-refractivity contribution in [2.45, 2.75) is 45.6 Å². The van der Waals surface area contributed by atoms with E-state index in [0.717, 1.165) is 18.4 Å². The zero-order chi connectivity index (χ0) is 15.0. The summed E-state index contributed by atoms with van der Waals surface area (Å²) in [5.74, 6) is 0.0251. The fourth-order valence-electron chi connectivity index (χ4n) is 2.31. The van der Waals surface area contributed by atoms with E-state index in [-0.39, 0.29) is 11.4 Å². The number of hydrogen-bond donors (Lipinski definition) is 1. The fourth-order valence-corrected chi connectivity index (χ4v) is 2.44. The molecule has 1 amide bonds. The number of hydrogen-bond acceptors (Lipinski definition) is 2. The van der Waals surface area contributed by atoms with Crippen LogP contribution in [0.15, 0.2) is 24.3 Å². The van der Waals surface area contributed by atoms with Gasteiger partial charge in [0.2, 0.25) is 5.91 Å². The maximum absolute atomic E-state index is 12.1. The highest BCUT2D eigenvalue weighted by Gasteiger charge is 2.29. The molecule has 4 heteroatoms. The van der Waals surface area contributed by atoms with Crippen LogP contribution in [0.25, 0.3) is 0 Å². The highest BCUT2D eigenvalue weighted by molar-refractivity contribution is 6.30. The van der Waals surface area contributed by atoms with Gasteiger partial charge in [0, 0.05) is 18.1 Å². The molecule has 0 fully saturated rings. The third-order valence-electron chi connectivity index (χ3n) is 3.66. The Morgan fingerprint density at radius 2 is 1.80 bits per heavy atom. The smallest absolute Gasteiger partial charge is 0.223 e. The molecule has 0 unspecified atom stereocenters. The van der Waals surface area contributed by atoms with E-state index in [1.165, 1.54) is 0 Å². The van der Waals surface area contributed by atoms with Gasteiger partial charge in [0.25, 0.3) is 0 Å². The first-order valence-corrected chi connectivity index (χ1v) is 7.60. The van der Waals surface area contributed by atoms with Gasteiger partial charge < -0.3 is 10.1 Å². The summed E-state index contributed by atoms with van der Waals surface area (Å²) >= 11 is 5.93. The Labute approximate surface area is 126 Å². The van der Waals surface area contributed by atoms with Crippen LogP contribution in [-0.2, 0) is 15.1 Å². The molecule has 0 aliphatic rings. The van der Waals surface area contributed by atoms with Gasteiger partial charge in [-0.25, -0.2) is 0 Å². The molecule has 0 aliphatic heterocycles. The van der Waals surface area contributed by atoms with Crippen molar-refractivity contribution in [3.8, 4) is 0 Å². The number of carbonyl (C=O) groups excluding carboxylic acids is 1. The Hall–Kier alpha value is -1.06. The molecule has 0 bridgehead atoms. The van der Waals surface area contributed by atoms with E-state index < -0.39 is 0 Å². The third-order valence-corrected chi connectivity index (χ3v) is 3.91. The van der Waals surface area contributed by atoms with Crippen LogP contribution in [-0.4, -0.2) is 19.1 Å². The number of halogens is 1. The van der Waals surface area contributed by atoms with Crippen LogP contribution < -0.4 is 5.32 Å². The normalized spacial score (nSPS) is 11.4. The molecule has 0 aromatic heterocycles. The SMILES string of the molecule is CCOCCC(=O)NC(CC)(CC)c1ccc(Cl)cc1. The maximum Gasteiger partial charge on any atom is 0.223 e. The lowest BCUT2D eigenvalue weighted by Crippen LogP contribution is -2.45. The molecule has 0 saturated carbocycles. The van der Waals surface area contributed by atoms with E-state index in [0.29, 0.717) is 24.7 Å². The predicted molar refractivity (Wildman–Crippen MR) is 83.0 cm³/mol. The predicted octanol–water partition coefficient (Wildman–Crippen LogP) is 3.90. The molecule has 1 aromatic rings. The van der Waals surface area contributed by atoms with Gasteiger partial charge in [-0.15, -0.1) is 0 Å². The minimum atomic E-state index is -0.326. The molecule has 0 spiro atoms. The summed E-state index contributed by atoms with van der Waals surface area (Å²) < 4.78 is 5.23. The third kappa shape index (κ3) is 4.50. The average Bonchev–Trinajstić information content (AvgIpc) is 2.46. The molecular formula is C16H24ClNO2. The highest BCUT2D eigenvalue weighted by atomic mass is 35.5. The Morgan fingerprint density at radius 1 is 1.20 bits per heavy atom. The lowest BCUT2D eigenvalue weighted by Gasteiger charge is -2.33. The fraction of sp³-hybridized carbons (Fsp3) is 0.562. The molecule has 3 nitrogen and oxygen atoms in total. The largest absolute Gasteiger partial charge is 0.381 e. The van der Waals surface area contributed by atoms with Crippen LogP contribution in [0.2, 0.25) is 5.02 Å². The molecule has 0 saturated heterocycles. The van der Waals surface area contributed by atoms with Crippen LogP contribution in [0.3, 0.4) is 0 Å². The molecule has 1 N–H and O–H groups in total. The Balaban J connectivity index is 2.81. The number of ether oxygens (including phenoxy) is 1. The van der Waals surface area contributed by atoms with Gasteiger partial charge in [-0.1, -0.05) is 37.6 Å². The van der Waals surface area contributed by atoms with Crippen molar-refractivity contribution >= 4 is 17.5 Å². The van der Waals surface area contributed by atoms with Crippen LogP contribution in [0.5, 0.6) is 0 Å². The number of carbonyl (C=O) groups is 1. The Bertz CT molecular complexity index is 413. The van der Waals surface area contributed by atoms with Crippen molar-refractivity contribution < 1.29 is 9.53 Å². The topological polar surface area (TPSA) is 38.3 Å². The highest BCUT2D eigenvalue weighted by Crippen LogP contribution is 2.29. The molecule has 1 rings (SSSR count). The first-order valence-electron chi connectivity index (χ1n) is 7.22. The summed E-state index contributed by atoms with van der Waals surface area (Å²) in [5.41, 5.74) is 0.769. The quantitative estimate of drug-likeness (QED) is 0.739. The lowest BCUT2D eigenvalue weighted by atomic mass is 9.84. The number of rotatable bonds is 8. The van der Waals surface area contributed by atoms with Gasteiger partial charge in [0.05, 0.1) is 12.1 Å². The molecule has 20 heavy (non-hydrogen) atoms. The zero-order valence-electron chi connectivity index (χ0n) is 12.5. The Kier molecular flexibility index (Phi) is 7.03. The summed E-state index contributed by atoms with van der Waals surface area (Å²) in [5, 5.41) is 3.87. The molecule has 0 radical (unpaired) electrons. The summed E-state index contributed by atoms with van der Waals surface area (Å²) in [6.07, 6.45) is 2.07. The first-order chi connectivity index (χ1) is 9.57. The Morgan fingerprint density at radius 3 is 2.30 bits per heavy atom. The standard InChI is InChI=1S/C16H24ClNO2/c1-4-16(5-2,13-7-9-14(17)10-8-13)18-15(19)11-12-20-6-3/h7-10H,4-6,11-12H2,1-3H3,(H,18,19). The van der Waals surface area contributed by atoms with E-state index in [1.807, 2.05) is 31.2 Å². The molecule has 0 heterocycles. The van der Waals surface area contributed by atoms with E-state index in [9.17, 15) is 4.79 Å². The van der Waals surface area contributed by atoms with Gasteiger partial charge in [0.1, 0.15) is 0 Å². The van der Waals surface area contributed by atoms with Crippen molar-refractivity contribution in [2.75, 3.05) is 13.2 Å². The lowest BCUT2D eigenvalue weighted by molar-refractivity contribution is -0.124. The van der Waals surface area contributed by atoms with Crippen molar-refractivity contribution in [1.82, 2.24) is 5.32 Å². The summed E-state index contributed by atoms with van der Waals surface area (Å²) in [4.78, 5) is 12.1. The van der Waals surface area contributed by atoms with E-state index in [4.69, 9.17) is 16.3 Å².